The van der Waals surface area contributed by atoms with E-state index in [4.69, 9.17) is 11.5 Å². The molecule has 0 fully saturated rings. The van der Waals surface area contributed by atoms with Crippen molar-refractivity contribution >= 4 is 22.7 Å². The van der Waals surface area contributed by atoms with Crippen LogP contribution in [-0.2, 0) is 6.42 Å². The molecule has 0 radical (unpaired) electrons. The highest BCUT2D eigenvalue weighted by Gasteiger charge is 2.07. The monoisotopic (exact) mass is 223 g/mol. The zero-order chi connectivity index (χ0) is 11.8. The van der Waals surface area contributed by atoms with Crippen LogP contribution in [0.5, 0.6) is 0 Å². The lowest BCUT2D eigenvalue weighted by Gasteiger charge is -2.06. The first-order valence-electron chi connectivity index (χ1n) is 5.55. The second-order valence-corrected chi connectivity index (χ2v) is 4.24. The number of nitrogens with zero attached hydrogens (tertiary/aromatic N) is 1. The van der Waals surface area contributed by atoms with Crippen molar-refractivity contribution in [2.45, 2.75) is 6.42 Å². The van der Waals surface area contributed by atoms with E-state index in [1.807, 2.05) is 30.4 Å². The Labute approximate surface area is 99.5 Å². The summed E-state index contributed by atoms with van der Waals surface area (Å²) in [7, 11) is 0. The van der Waals surface area contributed by atoms with Gasteiger partial charge in [0.2, 0.25) is 0 Å². The van der Waals surface area contributed by atoms with Crippen molar-refractivity contribution in [2.75, 3.05) is 5.73 Å². The van der Waals surface area contributed by atoms with Gasteiger partial charge >= 0.3 is 0 Å². The smallest absolute Gasteiger partial charge is 0.0729 e. The predicted molar refractivity (Wildman–Crippen MR) is 71.2 cm³/mol. The average Bonchev–Trinajstić information content (AvgIpc) is 2.46. The Morgan fingerprint density at radius 1 is 1.12 bits per heavy atom. The summed E-state index contributed by atoms with van der Waals surface area (Å²) in [5.41, 5.74) is 16.1. The molecular weight excluding hydrogens is 210 g/mol. The van der Waals surface area contributed by atoms with E-state index in [9.17, 15) is 0 Å². The van der Waals surface area contributed by atoms with E-state index in [0.29, 0.717) is 0 Å². The van der Waals surface area contributed by atoms with Crippen LogP contribution in [0.15, 0.2) is 42.1 Å². The number of fused-ring (bicyclic) bond motifs is 2. The fraction of sp³-hybridized carbons (Fsp3) is 0.0714. The average molecular weight is 223 g/mol. The van der Waals surface area contributed by atoms with E-state index >= 15 is 0 Å². The van der Waals surface area contributed by atoms with E-state index in [1.165, 1.54) is 5.56 Å². The van der Waals surface area contributed by atoms with Crippen LogP contribution < -0.4 is 11.5 Å². The van der Waals surface area contributed by atoms with Crippen LogP contribution in [0.2, 0.25) is 0 Å². The lowest BCUT2D eigenvalue weighted by atomic mass is 10.1. The number of nitrogen functional groups attached to an aromatic ring is 1. The molecule has 1 aromatic carbocycles. The molecule has 1 aromatic heterocycles. The molecule has 1 aliphatic rings. The number of rotatable bonds is 0. The van der Waals surface area contributed by atoms with Crippen LogP contribution in [0.3, 0.4) is 0 Å². The molecular formula is C14H13N3. The highest BCUT2D eigenvalue weighted by Crippen LogP contribution is 2.22. The summed E-state index contributed by atoms with van der Waals surface area (Å²) < 4.78 is 0. The molecule has 1 heterocycles. The normalized spacial score (nSPS) is 14.2. The SMILES string of the molecule is NC1=Cc2nc3cc(N)ccc3cc2CC=C1. The molecule has 3 nitrogen and oxygen atoms in total. The minimum Gasteiger partial charge on any atom is -0.399 e. The van der Waals surface area contributed by atoms with Crippen molar-refractivity contribution in [2.24, 2.45) is 5.73 Å². The van der Waals surface area contributed by atoms with Crippen LogP contribution in [-0.4, -0.2) is 4.98 Å². The highest BCUT2D eigenvalue weighted by molar-refractivity contribution is 5.84. The zero-order valence-electron chi connectivity index (χ0n) is 9.35. The number of benzene rings is 1. The molecule has 0 unspecified atom stereocenters. The second kappa shape index (κ2) is 3.63. The second-order valence-electron chi connectivity index (χ2n) is 4.24. The quantitative estimate of drug-likeness (QED) is 0.673. The fourth-order valence-corrected chi connectivity index (χ4v) is 2.06. The number of nitrogens with two attached hydrogens (primary N) is 2. The summed E-state index contributed by atoms with van der Waals surface area (Å²) in [4.78, 5) is 4.61. The lowest BCUT2D eigenvalue weighted by molar-refractivity contribution is 1.21. The third kappa shape index (κ3) is 1.76. The molecule has 0 saturated carbocycles. The summed E-state index contributed by atoms with van der Waals surface area (Å²) in [6.07, 6.45) is 6.74. The maximum atomic E-state index is 5.83. The topological polar surface area (TPSA) is 64.9 Å². The molecule has 0 amide bonds. The molecule has 1 aliphatic carbocycles. The predicted octanol–water partition coefficient (Wildman–Crippen LogP) is 2.23. The van der Waals surface area contributed by atoms with E-state index < -0.39 is 0 Å². The van der Waals surface area contributed by atoms with E-state index in [1.54, 1.807) is 0 Å². The number of hydrogen-bond acceptors (Lipinski definition) is 3. The first-order valence-corrected chi connectivity index (χ1v) is 5.55. The Balaban J connectivity index is 2.29. The Kier molecular flexibility index (Phi) is 2.11. The van der Waals surface area contributed by atoms with Crippen LogP contribution in [0, 0.1) is 0 Å². The molecule has 0 aliphatic heterocycles. The van der Waals surface area contributed by atoms with Crippen molar-refractivity contribution in [1.82, 2.24) is 4.98 Å². The highest BCUT2D eigenvalue weighted by atomic mass is 14.7. The molecule has 84 valence electrons. The van der Waals surface area contributed by atoms with Crippen molar-refractivity contribution < 1.29 is 0 Å². The number of aromatic nitrogens is 1. The summed E-state index contributed by atoms with van der Waals surface area (Å²) in [6.45, 7) is 0. The van der Waals surface area contributed by atoms with Crippen molar-refractivity contribution in [1.29, 1.82) is 0 Å². The standard InChI is InChI=1S/C14H13N3/c15-11-3-1-2-9-6-10-4-5-12(16)8-14(10)17-13(9)7-11/h1,3-8H,2,15-16H2. The Bertz CT molecular complexity index is 654. The first-order chi connectivity index (χ1) is 8.22. The third-order valence-electron chi connectivity index (χ3n) is 2.91. The van der Waals surface area contributed by atoms with Crippen LogP contribution in [0.4, 0.5) is 5.69 Å². The van der Waals surface area contributed by atoms with E-state index in [-0.39, 0.29) is 0 Å². The van der Waals surface area contributed by atoms with Gasteiger partial charge in [-0.25, -0.2) is 4.98 Å². The summed E-state index contributed by atoms with van der Waals surface area (Å²) in [6, 6.07) is 7.93. The number of allylic oxidation sites excluding steroid dienone is 2. The van der Waals surface area contributed by atoms with Gasteiger partial charge in [0.05, 0.1) is 11.2 Å². The maximum absolute atomic E-state index is 5.83. The van der Waals surface area contributed by atoms with Crippen LogP contribution in [0.25, 0.3) is 17.0 Å². The minimum atomic E-state index is 0.730. The lowest BCUT2D eigenvalue weighted by Crippen LogP contribution is -1.95. The first kappa shape index (κ1) is 9.90. The summed E-state index contributed by atoms with van der Waals surface area (Å²) >= 11 is 0. The van der Waals surface area contributed by atoms with Gasteiger partial charge in [-0.3, -0.25) is 0 Å². The van der Waals surface area contributed by atoms with Crippen molar-refractivity contribution in [3.63, 3.8) is 0 Å². The molecule has 0 spiro atoms. The van der Waals surface area contributed by atoms with Crippen molar-refractivity contribution in [3.8, 4) is 0 Å². The van der Waals surface area contributed by atoms with Crippen LogP contribution in [0.1, 0.15) is 11.3 Å². The van der Waals surface area contributed by atoms with Gasteiger partial charge < -0.3 is 11.5 Å². The van der Waals surface area contributed by atoms with Gasteiger partial charge in [0.1, 0.15) is 0 Å². The van der Waals surface area contributed by atoms with E-state index in [0.717, 1.165) is 34.4 Å². The van der Waals surface area contributed by atoms with Crippen molar-refractivity contribution in [3.05, 3.63) is 53.4 Å². The maximum Gasteiger partial charge on any atom is 0.0729 e. The Morgan fingerprint density at radius 3 is 2.88 bits per heavy atom. The van der Waals surface area contributed by atoms with Gasteiger partial charge in [0.25, 0.3) is 0 Å². The zero-order valence-corrected chi connectivity index (χ0v) is 9.35. The molecule has 2 aromatic rings. The molecule has 3 rings (SSSR count). The number of anilines is 1. The minimum absolute atomic E-state index is 0.730. The molecule has 0 saturated heterocycles. The number of pyridine rings is 1. The molecule has 0 bridgehead atoms. The number of hydrogen-bond donors (Lipinski definition) is 2. The Morgan fingerprint density at radius 2 is 2.00 bits per heavy atom. The van der Waals surface area contributed by atoms with Gasteiger partial charge in [-0.15, -0.1) is 0 Å². The largest absolute Gasteiger partial charge is 0.399 e. The van der Waals surface area contributed by atoms with Gasteiger partial charge in [0.15, 0.2) is 0 Å². The summed E-state index contributed by atoms with van der Waals surface area (Å²) in [5.74, 6) is 0. The molecule has 0 atom stereocenters. The van der Waals surface area contributed by atoms with Gasteiger partial charge in [-0.2, -0.15) is 0 Å². The molecule has 4 N–H and O–H groups in total. The van der Waals surface area contributed by atoms with Gasteiger partial charge in [-0.05, 0) is 42.3 Å². The van der Waals surface area contributed by atoms with E-state index in [2.05, 4.69) is 17.1 Å². The third-order valence-corrected chi connectivity index (χ3v) is 2.91. The molecule has 3 heteroatoms. The van der Waals surface area contributed by atoms with Crippen LogP contribution >= 0.6 is 0 Å². The Hall–Kier alpha value is -2.29. The fourth-order valence-electron chi connectivity index (χ4n) is 2.06. The van der Waals surface area contributed by atoms with Gasteiger partial charge in [-0.1, -0.05) is 12.1 Å². The summed E-state index contributed by atoms with van der Waals surface area (Å²) in [5, 5.41) is 1.11. The molecule has 17 heavy (non-hydrogen) atoms. The van der Waals surface area contributed by atoms with Gasteiger partial charge in [0, 0.05) is 16.8 Å².